The largest absolute Gasteiger partial charge is 0.444 e. The van der Waals surface area contributed by atoms with Crippen molar-refractivity contribution < 1.29 is 14.0 Å². The maximum Gasteiger partial charge on any atom is 0.410 e. The SMILES string of the molecule is C#CCC1C[C@@H](O[Si](C)(C)C(C)(C)C)CN1C(=O)OC(C)(C)C. The van der Waals surface area contributed by atoms with Crippen molar-refractivity contribution in [1.82, 2.24) is 4.90 Å². The van der Waals surface area contributed by atoms with Gasteiger partial charge in [-0.25, -0.2) is 4.79 Å². The molecule has 0 spiro atoms. The van der Waals surface area contributed by atoms with Crippen LogP contribution in [0, 0.1) is 12.3 Å². The summed E-state index contributed by atoms with van der Waals surface area (Å²) in [5, 5.41) is 0.147. The third kappa shape index (κ3) is 5.54. The molecule has 0 aromatic rings. The van der Waals surface area contributed by atoms with Gasteiger partial charge in [0.05, 0.1) is 6.10 Å². The third-order valence-corrected chi connectivity index (χ3v) is 9.16. The van der Waals surface area contributed by atoms with Gasteiger partial charge in [0, 0.05) is 19.0 Å². The van der Waals surface area contributed by atoms with Gasteiger partial charge in [0.2, 0.25) is 0 Å². The molecule has 1 aliphatic heterocycles. The molecule has 0 bridgehead atoms. The average Bonchev–Trinajstić information content (AvgIpc) is 2.68. The molecule has 1 aliphatic rings. The number of ether oxygens (including phenoxy) is 1. The Morgan fingerprint density at radius 1 is 1.26 bits per heavy atom. The number of hydrogen-bond donors (Lipinski definition) is 0. The lowest BCUT2D eigenvalue weighted by atomic mass is 10.1. The zero-order valence-corrected chi connectivity index (χ0v) is 17.0. The predicted octanol–water partition coefficient (Wildman–Crippen LogP) is 4.41. The van der Waals surface area contributed by atoms with Crippen molar-refractivity contribution in [3.05, 3.63) is 0 Å². The summed E-state index contributed by atoms with van der Waals surface area (Å²) < 4.78 is 12.0. The van der Waals surface area contributed by atoms with Crippen LogP contribution in [0.3, 0.4) is 0 Å². The summed E-state index contributed by atoms with van der Waals surface area (Å²) in [5.74, 6) is 2.68. The summed E-state index contributed by atoms with van der Waals surface area (Å²) in [6.07, 6.45) is 6.56. The van der Waals surface area contributed by atoms with E-state index in [1.54, 1.807) is 4.90 Å². The molecule has 1 fully saturated rings. The maximum absolute atomic E-state index is 12.4. The number of carbonyl (C=O) groups excluding carboxylic acids is 1. The number of nitrogens with zero attached hydrogens (tertiary/aromatic N) is 1. The molecule has 5 heteroatoms. The molecule has 4 nitrogen and oxygen atoms in total. The second kappa shape index (κ2) is 6.86. The van der Waals surface area contributed by atoms with Crippen LogP contribution in [0.15, 0.2) is 0 Å². The fourth-order valence-corrected chi connectivity index (χ4v) is 3.78. The van der Waals surface area contributed by atoms with Gasteiger partial charge in [-0.3, -0.25) is 0 Å². The molecule has 0 aromatic heterocycles. The molecule has 2 atom stereocenters. The van der Waals surface area contributed by atoms with Gasteiger partial charge in [-0.15, -0.1) is 12.3 Å². The Morgan fingerprint density at radius 2 is 1.83 bits per heavy atom. The Kier molecular flexibility index (Phi) is 5.98. The van der Waals surface area contributed by atoms with Gasteiger partial charge >= 0.3 is 6.09 Å². The molecule has 132 valence electrons. The van der Waals surface area contributed by atoms with Crippen molar-refractivity contribution in [3.8, 4) is 12.3 Å². The smallest absolute Gasteiger partial charge is 0.410 e. The van der Waals surface area contributed by atoms with Gasteiger partial charge < -0.3 is 14.1 Å². The van der Waals surface area contributed by atoms with Crippen molar-refractivity contribution in [1.29, 1.82) is 0 Å². The number of hydrogen-bond acceptors (Lipinski definition) is 3. The molecule has 23 heavy (non-hydrogen) atoms. The first-order chi connectivity index (χ1) is 10.3. The predicted molar refractivity (Wildman–Crippen MR) is 96.9 cm³/mol. The van der Waals surface area contributed by atoms with Gasteiger partial charge in [0.15, 0.2) is 8.32 Å². The summed E-state index contributed by atoms with van der Waals surface area (Å²) in [6.45, 7) is 17.3. The van der Waals surface area contributed by atoms with Crippen LogP contribution in [0.1, 0.15) is 54.4 Å². The molecule has 0 radical (unpaired) electrons. The number of terminal acetylenes is 1. The molecule has 0 N–H and O–H groups in total. The Bertz CT molecular complexity index is 468. The van der Waals surface area contributed by atoms with E-state index in [2.05, 4.69) is 39.8 Å². The summed E-state index contributed by atoms with van der Waals surface area (Å²) in [5.41, 5.74) is -0.504. The van der Waals surface area contributed by atoms with Gasteiger partial charge in [0.25, 0.3) is 0 Å². The second-order valence-corrected chi connectivity index (χ2v) is 13.7. The number of likely N-dealkylation sites (tertiary alicyclic amines) is 1. The minimum atomic E-state index is -1.86. The quantitative estimate of drug-likeness (QED) is 0.565. The first kappa shape index (κ1) is 20.1. The van der Waals surface area contributed by atoms with Crippen molar-refractivity contribution in [2.24, 2.45) is 0 Å². The van der Waals surface area contributed by atoms with Crippen LogP contribution in [-0.4, -0.2) is 43.6 Å². The number of amides is 1. The monoisotopic (exact) mass is 339 g/mol. The molecule has 0 aromatic carbocycles. The van der Waals surface area contributed by atoms with Gasteiger partial charge in [-0.05, 0) is 45.3 Å². The molecule has 0 saturated carbocycles. The number of carbonyl (C=O) groups is 1. The van der Waals surface area contributed by atoms with E-state index in [0.29, 0.717) is 13.0 Å². The molecular weight excluding hydrogens is 306 g/mol. The first-order valence-corrected chi connectivity index (χ1v) is 11.3. The third-order valence-electron chi connectivity index (χ3n) is 4.63. The van der Waals surface area contributed by atoms with E-state index in [-0.39, 0.29) is 23.3 Å². The van der Waals surface area contributed by atoms with E-state index in [0.717, 1.165) is 6.42 Å². The van der Waals surface area contributed by atoms with Gasteiger partial charge in [0.1, 0.15) is 5.60 Å². The summed E-state index contributed by atoms with van der Waals surface area (Å²) >= 11 is 0. The highest BCUT2D eigenvalue weighted by Gasteiger charge is 2.44. The highest BCUT2D eigenvalue weighted by molar-refractivity contribution is 6.74. The Labute approximate surface area is 143 Å². The van der Waals surface area contributed by atoms with E-state index in [1.807, 2.05) is 20.8 Å². The van der Waals surface area contributed by atoms with E-state index < -0.39 is 13.9 Å². The maximum atomic E-state index is 12.4. The van der Waals surface area contributed by atoms with Gasteiger partial charge in [-0.2, -0.15) is 0 Å². The standard InChI is InChI=1S/C18H33NO3Si/c1-10-11-14-12-15(22-23(8,9)18(5,6)7)13-19(14)16(20)21-17(2,3)4/h1,14-15H,11-13H2,2-9H3/t14?,15-/m1/s1. The minimum absolute atomic E-state index is 0.00428. The summed E-state index contributed by atoms with van der Waals surface area (Å²) in [6, 6.07) is 0.00428. The highest BCUT2D eigenvalue weighted by atomic mass is 28.4. The van der Waals surface area contributed by atoms with Gasteiger partial charge in [-0.1, -0.05) is 20.8 Å². The van der Waals surface area contributed by atoms with E-state index >= 15 is 0 Å². The summed E-state index contributed by atoms with van der Waals surface area (Å²) in [7, 11) is -1.86. The highest BCUT2D eigenvalue weighted by Crippen LogP contribution is 2.39. The second-order valence-electron chi connectivity index (χ2n) is 8.93. The fourth-order valence-electron chi connectivity index (χ4n) is 2.43. The van der Waals surface area contributed by atoms with Crippen LogP contribution in [-0.2, 0) is 9.16 Å². The molecular formula is C18H33NO3Si. The van der Waals surface area contributed by atoms with E-state index in [9.17, 15) is 4.79 Å². The van der Waals surface area contributed by atoms with E-state index in [1.165, 1.54) is 0 Å². The van der Waals surface area contributed by atoms with Crippen LogP contribution in [0.2, 0.25) is 18.1 Å². The average molecular weight is 340 g/mol. The normalized spacial score (nSPS) is 22.8. The van der Waals surface area contributed by atoms with Crippen molar-refractivity contribution >= 4 is 14.4 Å². The zero-order valence-electron chi connectivity index (χ0n) is 16.0. The lowest BCUT2D eigenvalue weighted by Gasteiger charge is -2.38. The van der Waals surface area contributed by atoms with Crippen molar-refractivity contribution in [2.75, 3.05) is 6.54 Å². The van der Waals surface area contributed by atoms with Crippen LogP contribution in [0.5, 0.6) is 0 Å². The number of rotatable bonds is 3. The molecule has 1 rings (SSSR count). The molecule has 1 saturated heterocycles. The minimum Gasteiger partial charge on any atom is -0.444 e. The topological polar surface area (TPSA) is 38.8 Å². The van der Waals surface area contributed by atoms with Crippen LogP contribution in [0.4, 0.5) is 4.79 Å². The Balaban J connectivity index is 2.82. The first-order valence-electron chi connectivity index (χ1n) is 8.38. The summed E-state index contributed by atoms with van der Waals surface area (Å²) in [4.78, 5) is 14.2. The van der Waals surface area contributed by atoms with E-state index in [4.69, 9.17) is 15.6 Å². The molecule has 1 unspecified atom stereocenters. The Morgan fingerprint density at radius 3 is 2.26 bits per heavy atom. The molecule has 1 amide bonds. The zero-order chi connectivity index (χ0) is 18.1. The van der Waals surface area contributed by atoms with Crippen molar-refractivity contribution in [3.63, 3.8) is 0 Å². The van der Waals surface area contributed by atoms with Crippen molar-refractivity contribution in [2.45, 2.75) is 90.3 Å². The lowest BCUT2D eigenvalue weighted by molar-refractivity contribution is 0.0213. The molecule has 1 heterocycles. The van der Waals surface area contributed by atoms with Crippen LogP contribution in [0.25, 0.3) is 0 Å². The fraction of sp³-hybridized carbons (Fsp3) is 0.833. The molecule has 0 aliphatic carbocycles. The van der Waals surface area contributed by atoms with Crippen LogP contribution < -0.4 is 0 Å². The lowest BCUT2D eigenvalue weighted by Crippen LogP contribution is -2.45. The van der Waals surface area contributed by atoms with Crippen LogP contribution >= 0.6 is 0 Å². The Hall–Kier alpha value is -0.993.